The number of nitrogens with zero attached hydrogens (tertiary/aromatic N) is 2. The SMILES string of the molecule is C[C@H](NC(=O)c1cccnc1N1CCCC1)c1ccc(S(C)(=O)=O)cc1. The summed E-state index contributed by atoms with van der Waals surface area (Å²) in [5.41, 5.74) is 1.41. The summed E-state index contributed by atoms with van der Waals surface area (Å²) in [7, 11) is -3.23. The number of anilines is 1. The van der Waals surface area contributed by atoms with Gasteiger partial charge in [0.2, 0.25) is 0 Å². The number of pyridine rings is 1. The molecule has 1 fully saturated rings. The van der Waals surface area contributed by atoms with Gasteiger partial charge in [-0.3, -0.25) is 4.79 Å². The van der Waals surface area contributed by atoms with E-state index in [1.807, 2.05) is 6.92 Å². The zero-order valence-electron chi connectivity index (χ0n) is 15.0. The maximum Gasteiger partial charge on any atom is 0.255 e. The number of carbonyl (C=O) groups excluding carboxylic acids is 1. The van der Waals surface area contributed by atoms with Crippen molar-refractivity contribution < 1.29 is 13.2 Å². The maximum absolute atomic E-state index is 12.8. The molecule has 1 aliphatic heterocycles. The van der Waals surface area contributed by atoms with Crippen LogP contribution >= 0.6 is 0 Å². The molecule has 1 aromatic heterocycles. The van der Waals surface area contributed by atoms with Crippen molar-refractivity contribution in [1.29, 1.82) is 0 Å². The molecule has 1 amide bonds. The summed E-state index contributed by atoms with van der Waals surface area (Å²) in [5, 5.41) is 2.98. The molecule has 1 N–H and O–H groups in total. The first-order valence-electron chi connectivity index (χ1n) is 8.67. The van der Waals surface area contributed by atoms with E-state index >= 15 is 0 Å². The fraction of sp³-hybridized carbons (Fsp3) is 0.368. The smallest absolute Gasteiger partial charge is 0.255 e. The second-order valence-electron chi connectivity index (χ2n) is 6.61. The fourth-order valence-electron chi connectivity index (χ4n) is 3.12. The lowest BCUT2D eigenvalue weighted by molar-refractivity contribution is 0.0940. The summed E-state index contributed by atoms with van der Waals surface area (Å²) in [6.07, 6.45) is 5.11. The van der Waals surface area contributed by atoms with Crippen molar-refractivity contribution in [3.8, 4) is 0 Å². The molecule has 2 heterocycles. The van der Waals surface area contributed by atoms with Crippen molar-refractivity contribution in [2.75, 3.05) is 24.2 Å². The lowest BCUT2D eigenvalue weighted by atomic mass is 10.1. The van der Waals surface area contributed by atoms with Crippen LogP contribution < -0.4 is 10.2 Å². The predicted molar refractivity (Wildman–Crippen MR) is 101 cm³/mol. The number of carbonyl (C=O) groups is 1. The number of sulfone groups is 1. The van der Waals surface area contributed by atoms with Gasteiger partial charge >= 0.3 is 0 Å². The van der Waals surface area contributed by atoms with Crippen LogP contribution in [0.4, 0.5) is 5.82 Å². The molecular weight excluding hydrogens is 350 g/mol. The van der Waals surface area contributed by atoms with Crippen LogP contribution in [0.15, 0.2) is 47.5 Å². The zero-order chi connectivity index (χ0) is 18.7. The highest BCUT2D eigenvalue weighted by atomic mass is 32.2. The molecule has 0 saturated carbocycles. The Labute approximate surface area is 154 Å². The minimum absolute atomic E-state index is 0.181. The molecule has 3 rings (SSSR count). The summed E-state index contributed by atoms with van der Waals surface area (Å²) in [5.74, 6) is 0.543. The van der Waals surface area contributed by atoms with Crippen molar-refractivity contribution in [3.05, 3.63) is 53.7 Å². The highest BCUT2D eigenvalue weighted by Gasteiger charge is 2.21. The van der Waals surface area contributed by atoms with E-state index in [1.165, 1.54) is 6.26 Å². The molecule has 0 unspecified atom stereocenters. The van der Waals surface area contributed by atoms with E-state index in [1.54, 1.807) is 42.6 Å². The molecule has 138 valence electrons. The standard InChI is InChI=1S/C19H23N3O3S/c1-14(15-7-9-16(10-8-15)26(2,24)25)21-19(23)17-6-5-11-20-18(17)22-12-3-4-13-22/h5-11,14H,3-4,12-13H2,1-2H3,(H,21,23)/t14-/m0/s1. The van der Waals surface area contributed by atoms with Crippen LogP contribution in [-0.2, 0) is 9.84 Å². The third-order valence-electron chi connectivity index (χ3n) is 4.59. The molecule has 1 atom stereocenters. The highest BCUT2D eigenvalue weighted by molar-refractivity contribution is 7.90. The quantitative estimate of drug-likeness (QED) is 0.871. The zero-order valence-corrected chi connectivity index (χ0v) is 15.8. The first-order chi connectivity index (χ1) is 12.4. The molecule has 1 aliphatic rings. The maximum atomic E-state index is 12.8. The first kappa shape index (κ1) is 18.4. The van der Waals surface area contributed by atoms with E-state index in [0.717, 1.165) is 37.3 Å². The van der Waals surface area contributed by atoms with Crippen LogP contribution in [0.2, 0.25) is 0 Å². The van der Waals surface area contributed by atoms with Gasteiger partial charge in [0.15, 0.2) is 9.84 Å². The number of rotatable bonds is 5. The third-order valence-corrected chi connectivity index (χ3v) is 5.72. The second kappa shape index (κ2) is 7.45. The van der Waals surface area contributed by atoms with Crippen molar-refractivity contribution in [2.45, 2.75) is 30.7 Å². The molecule has 0 radical (unpaired) electrons. The van der Waals surface area contributed by atoms with Crippen molar-refractivity contribution in [1.82, 2.24) is 10.3 Å². The van der Waals surface area contributed by atoms with E-state index in [2.05, 4.69) is 15.2 Å². The molecular formula is C19H23N3O3S. The van der Waals surface area contributed by atoms with Crippen LogP contribution in [0.25, 0.3) is 0 Å². The van der Waals surface area contributed by atoms with Crippen LogP contribution in [0.3, 0.4) is 0 Å². The summed E-state index contributed by atoms with van der Waals surface area (Å²) in [6.45, 7) is 3.71. The molecule has 6 nitrogen and oxygen atoms in total. The van der Waals surface area contributed by atoms with Gasteiger partial charge in [0.05, 0.1) is 16.5 Å². The van der Waals surface area contributed by atoms with Gasteiger partial charge in [0.1, 0.15) is 5.82 Å². The summed E-state index contributed by atoms with van der Waals surface area (Å²) < 4.78 is 23.1. The molecule has 1 aromatic carbocycles. The Hall–Kier alpha value is -2.41. The molecule has 0 bridgehead atoms. The largest absolute Gasteiger partial charge is 0.356 e. The van der Waals surface area contributed by atoms with E-state index in [4.69, 9.17) is 0 Å². The number of hydrogen-bond donors (Lipinski definition) is 1. The number of benzene rings is 1. The second-order valence-corrected chi connectivity index (χ2v) is 8.62. The third kappa shape index (κ3) is 4.04. The molecule has 1 saturated heterocycles. The lowest BCUT2D eigenvalue weighted by Gasteiger charge is -2.21. The van der Waals surface area contributed by atoms with Gasteiger partial charge in [0.25, 0.3) is 5.91 Å². The Bertz CT molecular complexity index is 889. The number of hydrogen-bond acceptors (Lipinski definition) is 5. The molecule has 7 heteroatoms. The summed E-state index contributed by atoms with van der Waals surface area (Å²) in [6, 6.07) is 9.89. The average Bonchev–Trinajstić information content (AvgIpc) is 3.15. The Morgan fingerprint density at radius 1 is 1.15 bits per heavy atom. The highest BCUT2D eigenvalue weighted by Crippen LogP contribution is 2.23. The van der Waals surface area contributed by atoms with Gasteiger partial charge in [-0.25, -0.2) is 13.4 Å². The van der Waals surface area contributed by atoms with Crippen LogP contribution in [0.1, 0.15) is 41.7 Å². The van der Waals surface area contributed by atoms with Crippen molar-refractivity contribution >= 4 is 21.6 Å². The fourth-order valence-corrected chi connectivity index (χ4v) is 3.75. The van der Waals surface area contributed by atoms with E-state index in [0.29, 0.717) is 5.56 Å². The predicted octanol–water partition coefficient (Wildman–Crippen LogP) is 2.58. The van der Waals surface area contributed by atoms with Gasteiger partial charge in [0, 0.05) is 25.5 Å². The summed E-state index contributed by atoms with van der Waals surface area (Å²) in [4.78, 5) is 19.6. The van der Waals surface area contributed by atoms with Gasteiger partial charge in [-0.2, -0.15) is 0 Å². The van der Waals surface area contributed by atoms with Crippen molar-refractivity contribution in [3.63, 3.8) is 0 Å². The van der Waals surface area contributed by atoms with Gasteiger partial charge < -0.3 is 10.2 Å². The monoisotopic (exact) mass is 373 g/mol. The first-order valence-corrected chi connectivity index (χ1v) is 10.6. The molecule has 26 heavy (non-hydrogen) atoms. The van der Waals surface area contributed by atoms with Crippen LogP contribution in [0.5, 0.6) is 0 Å². The minimum Gasteiger partial charge on any atom is -0.356 e. The van der Waals surface area contributed by atoms with Gasteiger partial charge in [-0.05, 0) is 49.6 Å². The van der Waals surface area contributed by atoms with Gasteiger partial charge in [-0.1, -0.05) is 12.1 Å². The van der Waals surface area contributed by atoms with E-state index in [-0.39, 0.29) is 16.8 Å². The number of nitrogens with one attached hydrogen (secondary N) is 1. The van der Waals surface area contributed by atoms with Crippen LogP contribution in [-0.4, -0.2) is 38.7 Å². The van der Waals surface area contributed by atoms with Crippen LogP contribution in [0, 0.1) is 0 Å². The van der Waals surface area contributed by atoms with Crippen molar-refractivity contribution in [2.24, 2.45) is 0 Å². The number of amides is 1. The summed E-state index contributed by atoms with van der Waals surface area (Å²) >= 11 is 0. The molecule has 2 aromatic rings. The van der Waals surface area contributed by atoms with E-state index in [9.17, 15) is 13.2 Å². The topological polar surface area (TPSA) is 79.4 Å². The number of aromatic nitrogens is 1. The Morgan fingerprint density at radius 2 is 1.81 bits per heavy atom. The molecule has 0 spiro atoms. The average molecular weight is 373 g/mol. The normalized spacial score (nSPS) is 15.7. The lowest BCUT2D eigenvalue weighted by Crippen LogP contribution is -2.30. The van der Waals surface area contributed by atoms with E-state index < -0.39 is 9.84 Å². The Kier molecular flexibility index (Phi) is 5.27. The Morgan fingerprint density at radius 3 is 2.42 bits per heavy atom. The minimum atomic E-state index is -3.23. The Balaban J connectivity index is 1.76. The van der Waals surface area contributed by atoms with Gasteiger partial charge in [-0.15, -0.1) is 0 Å². The molecule has 0 aliphatic carbocycles.